The van der Waals surface area contributed by atoms with Gasteiger partial charge in [0.05, 0.1) is 15.6 Å². The molecule has 0 radical (unpaired) electrons. The van der Waals surface area contributed by atoms with Crippen molar-refractivity contribution in [2.75, 3.05) is 11.7 Å². The van der Waals surface area contributed by atoms with E-state index in [0.717, 1.165) is 6.26 Å². The van der Waals surface area contributed by atoms with Crippen molar-refractivity contribution in [2.45, 2.75) is 4.90 Å². The first-order valence-corrected chi connectivity index (χ1v) is 5.68. The van der Waals surface area contributed by atoms with Crippen LogP contribution in [0.4, 0.5) is 5.69 Å². The monoisotopic (exact) mass is 256 g/mol. The average molecular weight is 257 g/mol. The second-order valence-electron chi connectivity index (χ2n) is 2.56. The Morgan fingerprint density at radius 1 is 1.43 bits per heavy atom. The van der Waals surface area contributed by atoms with E-state index in [1.807, 2.05) is 0 Å². The fourth-order valence-electron chi connectivity index (χ4n) is 0.891. The summed E-state index contributed by atoms with van der Waals surface area (Å²) < 4.78 is 22.2. The molecule has 0 aliphatic carbocycles. The lowest BCUT2D eigenvalue weighted by atomic mass is 10.3. The van der Waals surface area contributed by atoms with E-state index < -0.39 is 9.84 Å². The van der Waals surface area contributed by atoms with E-state index in [2.05, 4.69) is 5.43 Å². The normalized spacial score (nSPS) is 10.5. The number of anilines is 1. The van der Waals surface area contributed by atoms with Gasteiger partial charge in [-0.3, -0.25) is 5.84 Å². The summed E-state index contributed by atoms with van der Waals surface area (Å²) in [5.41, 5.74) is 2.93. The Bertz CT molecular complexity index is 420. The van der Waals surface area contributed by atoms with Gasteiger partial charge in [-0.05, 0) is 18.2 Å². The largest absolute Gasteiger partial charge is 0.324 e. The van der Waals surface area contributed by atoms with Gasteiger partial charge in [0.1, 0.15) is 0 Å². The highest BCUT2D eigenvalue weighted by Crippen LogP contribution is 2.24. The van der Waals surface area contributed by atoms with Crippen molar-refractivity contribution >= 4 is 39.5 Å². The first-order chi connectivity index (χ1) is 5.95. The van der Waals surface area contributed by atoms with Gasteiger partial charge in [-0.25, -0.2) is 8.42 Å². The van der Waals surface area contributed by atoms with Gasteiger partial charge in [-0.2, -0.15) is 0 Å². The Hall–Kier alpha value is -0.490. The van der Waals surface area contributed by atoms with Crippen LogP contribution in [-0.2, 0) is 9.84 Å². The molecule has 0 aromatic heterocycles. The number of hydrogen-bond acceptors (Lipinski definition) is 4. The number of halogens is 2. The summed E-state index contributed by atoms with van der Waals surface area (Å²) in [6.45, 7) is 0. The van der Waals surface area contributed by atoms with Crippen LogP contribution in [0.1, 0.15) is 0 Å². The molecule has 7 heteroatoms. The van der Waals surface area contributed by atoms with Gasteiger partial charge in [0.2, 0.25) is 0 Å². The molecule has 3 N–H and O–H groups in total. The minimum absolute atomic E-state index is 0. The molecule has 0 amide bonds. The molecule has 0 saturated heterocycles. The molecule has 4 nitrogen and oxygen atoms in total. The summed E-state index contributed by atoms with van der Waals surface area (Å²) in [4.78, 5) is 0.105. The van der Waals surface area contributed by atoms with Gasteiger partial charge in [0.15, 0.2) is 9.84 Å². The first-order valence-electron chi connectivity index (χ1n) is 3.41. The molecule has 80 valence electrons. The molecule has 1 aromatic rings. The Labute approximate surface area is 93.7 Å². The molecule has 0 aliphatic rings. The summed E-state index contributed by atoms with van der Waals surface area (Å²) in [5, 5.41) is 0.165. The van der Waals surface area contributed by atoms with Crippen molar-refractivity contribution in [3.8, 4) is 0 Å². The molecule has 0 heterocycles. The topological polar surface area (TPSA) is 72.2 Å². The molecule has 1 aromatic carbocycles. The Morgan fingerprint density at radius 2 is 2.00 bits per heavy atom. The minimum Gasteiger partial charge on any atom is -0.324 e. The van der Waals surface area contributed by atoms with Crippen LogP contribution in [-0.4, -0.2) is 14.7 Å². The number of rotatable bonds is 2. The van der Waals surface area contributed by atoms with Crippen molar-refractivity contribution in [1.29, 1.82) is 0 Å². The van der Waals surface area contributed by atoms with Crippen LogP contribution in [0.5, 0.6) is 0 Å². The number of nitrogens with two attached hydrogens (primary N) is 1. The van der Waals surface area contributed by atoms with Crippen LogP contribution >= 0.6 is 24.0 Å². The quantitative estimate of drug-likeness (QED) is 0.621. The van der Waals surface area contributed by atoms with Crippen molar-refractivity contribution in [2.24, 2.45) is 5.84 Å². The summed E-state index contributed by atoms with van der Waals surface area (Å²) in [6.07, 6.45) is 1.10. The molecule has 0 atom stereocenters. The van der Waals surface area contributed by atoms with Gasteiger partial charge in [0, 0.05) is 6.26 Å². The molecule has 0 fully saturated rings. The molecule has 0 bridgehead atoms. The maximum absolute atomic E-state index is 11.1. The number of benzene rings is 1. The Morgan fingerprint density at radius 3 is 2.36 bits per heavy atom. The first kappa shape index (κ1) is 13.5. The third-order valence-electron chi connectivity index (χ3n) is 1.50. The molecular formula is C7H10Cl2N2O2S. The van der Waals surface area contributed by atoms with E-state index in [1.54, 1.807) is 6.07 Å². The third-order valence-corrected chi connectivity index (χ3v) is 3.08. The van der Waals surface area contributed by atoms with Crippen molar-refractivity contribution in [1.82, 2.24) is 0 Å². The van der Waals surface area contributed by atoms with Crippen molar-refractivity contribution < 1.29 is 8.42 Å². The fraction of sp³-hybridized carbons (Fsp3) is 0.143. The van der Waals surface area contributed by atoms with E-state index in [-0.39, 0.29) is 22.3 Å². The second kappa shape index (κ2) is 4.84. The van der Waals surface area contributed by atoms with Crippen LogP contribution in [0.3, 0.4) is 0 Å². The van der Waals surface area contributed by atoms with Crippen molar-refractivity contribution in [3.63, 3.8) is 0 Å². The highest BCUT2D eigenvalue weighted by Gasteiger charge is 2.11. The predicted octanol–water partition coefficient (Wildman–Crippen LogP) is 1.45. The van der Waals surface area contributed by atoms with Gasteiger partial charge < -0.3 is 5.43 Å². The highest BCUT2D eigenvalue weighted by molar-refractivity contribution is 7.90. The van der Waals surface area contributed by atoms with Gasteiger partial charge in [-0.1, -0.05) is 11.6 Å². The number of hydrogen-bond donors (Lipinski definition) is 2. The zero-order valence-corrected chi connectivity index (χ0v) is 9.71. The lowest BCUT2D eigenvalue weighted by molar-refractivity contribution is 0.602. The smallest absolute Gasteiger partial charge is 0.176 e. The van der Waals surface area contributed by atoms with Crippen molar-refractivity contribution in [3.05, 3.63) is 23.2 Å². The summed E-state index contributed by atoms with van der Waals surface area (Å²) in [7, 11) is -3.26. The minimum atomic E-state index is -3.26. The summed E-state index contributed by atoms with van der Waals surface area (Å²) in [5.74, 6) is 5.12. The fourth-order valence-corrected chi connectivity index (χ4v) is 2.22. The van der Waals surface area contributed by atoms with Gasteiger partial charge in [-0.15, -0.1) is 12.4 Å². The van der Waals surface area contributed by atoms with Crippen LogP contribution in [0.2, 0.25) is 5.02 Å². The van der Waals surface area contributed by atoms with E-state index >= 15 is 0 Å². The van der Waals surface area contributed by atoms with Crippen LogP contribution in [0.15, 0.2) is 23.1 Å². The maximum Gasteiger partial charge on any atom is 0.176 e. The van der Waals surface area contributed by atoms with Crippen LogP contribution in [0, 0.1) is 0 Å². The molecule has 0 aliphatic heterocycles. The number of sulfone groups is 1. The van der Waals surface area contributed by atoms with Crippen LogP contribution < -0.4 is 11.3 Å². The van der Waals surface area contributed by atoms with E-state index in [4.69, 9.17) is 17.4 Å². The zero-order chi connectivity index (χ0) is 10.1. The predicted molar refractivity (Wildman–Crippen MR) is 59.6 cm³/mol. The summed E-state index contributed by atoms with van der Waals surface area (Å²) >= 11 is 5.72. The van der Waals surface area contributed by atoms with Gasteiger partial charge in [0.25, 0.3) is 0 Å². The highest BCUT2D eigenvalue weighted by atomic mass is 35.5. The Kier molecular flexibility index (Phi) is 4.67. The standard InChI is InChI=1S/C7H9ClN2O2S.ClH/c1-13(11,12)7-3-2-5(10-9)4-6(7)8;/h2-4,10H,9H2,1H3;1H. The molecule has 14 heavy (non-hydrogen) atoms. The van der Waals surface area contributed by atoms with E-state index in [9.17, 15) is 8.42 Å². The zero-order valence-electron chi connectivity index (χ0n) is 7.32. The lowest BCUT2D eigenvalue weighted by Crippen LogP contribution is -2.07. The SMILES string of the molecule is CS(=O)(=O)c1ccc(NN)cc1Cl.Cl. The molecule has 1 rings (SSSR count). The van der Waals surface area contributed by atoms with E-state index in [1.165, 1.54) is 12.1 Å². The number of hydrazine groups is 1. The third kappa shape index (κ3) is 3.02. The van der Waals surface area contributed by atoms with E-state index in [0.29, 0.717) is 5.69 Å². The molecule has 0 saturated carbocycles. The second-order valence-corrected chi connectivity index (χ2v) is 4.95. The average Bonchev–Trinajstić information content (AvgIpc) is 2.01. The summed E-state index contributed by atoms with van der Waals surface area (Å²) in [6, 6.07) is 4.41. The number of nitrogens with one attached hydrogen (secondary N) is 1. The lowest BCUT2D eigenvalue weighted by Gasteiger charge is -2.04. The molecular weight excluding hydrogens is 247 g/mol. The maximum atomic E-state index is 11.1. The Balaban J connectivity index is 0.00000169. The number of nitrogen functional groups attached to an aromatic ring is 1. The van der Waals surface area contributed by atoms with Gasteiger partial charge >= 0.3 is 0 Å². The molecule has 0 spiro atoms. The van der Waals surface area contributed by atoms with Crippen LogP contribution in [0.25, 0.3) is 0 Å². The molecule has 0 unspecified atom stereocenters.